The molecule has 1 atom stereocenters. The summed E-state index contributed by atoms with van der Waals surface area (Å²) in [7, 11) is -3.73. The molecule has 0 aliphatic carbocycles. The van der Waals surface area contributed by atoms with E-state index in [0.29, 0.717) is 40.8 Å². The van der Waals surface area contributed by atoms with E-state index in [-0.39, 0.29) is 23.3 Å². The number of benzene rings is 2. The Kier molecular flexibility index (Phi) is 7.02. The van der Waals surface area contributed by atoms with Crippen molar-refractivity contribution in [2.24, 2.45) is 5.92 Å². The molecule has 2 aromatic carbocycles. The molecule has 0 radical (unpaired) electrons. The molecular weight excluding hydrogens is 449 g/mol. The van der Waals surface area contributed by atoms with E-state index in [1.807, 2.05) is 0 Å². The second kappa shape index (κ2) is 9.34. The van der Waals surface area contributed by atoms with Crippen molar-refractivity contribution in [1.29, 1.82) is 0 Å². The first-order valence-corrected chi connectivity index (χ1v) is 11.5. The molecule has 10 heteroatoms. The summed E-state index contributed by atoms with van der Waals surface area (Å²) in [4.78, 5) is 24.4. The zero-order valence-electron chi connectivity index (χ0n) is 16.2. The van der Waals surface area contributed by atoms with Crippen molar-refractivity contribution in [1.82, 2.24) is 4.31 Å². The highest BCUT2D eigenvalue weighted by molar-refractivity contribution is 7.89. The number of carbonyl (C=O) groups excluding carboxylic acids is 2. The lowest BCUT2D eigenvalue weighted by Gasteiger charge is -2.31. The molecule has 1 unspecified atom stereocenters. The number of nitrogens with one attached hydrogen (secondary N) is 2. The van der Waals surface area contributed by atoms with Gasteiger partial charge in [-0.2, -0.15) is 4.31 Å². The predicted octanol–water partition coefficient (Wildman–Crippen LogP) is 3.99. The van der Waals surface area contributed by atoms with Gasteiger partial charge < -0.3 is 10.6 Å². The number of sulfonamides is 1. The fourth-order valence-corrected chi connectivity index (χ4v) is 5.11. The predicted molar refractivity (Wildman–Crippen MR) is 117 cm³/mol. The Morgan fingerprint density at radius 2 is 1.67 bits per heavy atom. The van der Waals surface area contributed by atoms with Gasteiger partial charge in [-0.15, -0.1) is 0 Å². The summed E-state index contributed by atoms with van der Waals surface area (Å²) in [6.07, 6.45) is 1.10. The molecule has 1 aliphatic rings. The summed E-state index contributed by atoms with van der Waals surface area (Å²) in [5.41, 5.74) is 0.780. The van der Waals surface area contributed by atoms with Gasteiger partial charge in [-0.3, -0.25) is 9.59 Å². The van der Waals surface area contributed by atoms with Crippen LogP contribution in [-0.2, 0) is 19.6 Å². The molecule has 3 rings (SSSR count). The van der Waals surface area contributed by atoms with Crippen LogP contribution in [-0.4, -0.2) is 37.6 Å². The Morgan fingerprint density at radius 3 is 2.33 bits per heavy atom. The Hall–Kier alpha value is -2.13. The highest BCUT2D eigenvalue weighted by Gasteiger charge is 2.33. The van der Waals surface area contributed by atoms with Crippen LogP contribution in [0.2, 0.25) is 10.0 Å². The molecule has 0 saturated carbocycles. The topological polar surface area (TPSA) is 95.6 Å². The highest BCUT2D eigenvalue weighted by Crippen LogP contribution is 2.29. The first-order valence-electron chi connectivity index (χ1n) is 9.30. The average molecular weight is 470 g/mol. The van der Waals surface area contributed by atoms with Crippen molar-refractivity contribution in [2.75, 3.05) is 23.7 Å². The lowest BCUT2D eigenvalue weighted by molar-refractivity contribution is -0.121. The van der Waals surface area contributed by atoms with Crippen molar-refractivity contribution >= 4 is 56.4 Å². The molecular formula is C20H21Cl2N3O4S. The summed E-state index contributed by atoms with van der Waals surface area (Å²) in [6.45, 7) is 1.76. The van der Waals surface area contributed by atoms with Crippen LogP contribution < -0.4 is 10.6 Å². The fraction of sp³-hybridized carbons (Fsp3) is 0.300. The number of piperidine rings is 1. The minimum atomic E-state index is -3.73. The number of rotatable bonds is 5. The van der Waals surface area contributed by atoms with E-state index in [2.05, 4.69) is 10.6 Å². The van der Waals surface area contributed by atoms with Crippen LogP contribution in [0.25, 0.3) is 0 Å². The molecule has 2 N–H and O–H groups in total. The van der Waals surface area contributed by atoms with Gasteiger partial charge in [0.1, 0.15) is 0 Å². The van der Waals surface area contributed by atoms with E-state index in [0.717, 1.165) is 0 Å². The summed E-state index contributed by atoms with van der Waals surface area (Å²) in [5.74, 6) is -1.16. The van der Waals surface area contributed by atoms with Crippen molar-refractivity contribution in [3.05, 3.63) is 52.5 Å². The molecule has 30 heavy (non-hydrogen) atoms. The Bertz CT molecular complexity index is 1060. The standard InChI is InChI=1S/C20H21Cl2N3O4S/c1-13(26)23-18-9-6-16(22)11-19(18)24-20(27)14-3-2-10-25(12-14)30(28,29)17-7-4-15(21)5-8-17/h4-9,11,14H,2-3,10,12H2,1H3,(H,23,26)(H,24,27). The maximum atomic E-state index is 12.9. The highest BCUT2D eigenvalue weighted by atomic mass is 35.5. The molecule has 2 aromatic rings. The monoisotopic (exact) mass is 469 g/mol. The van der Waals surface area contributed by atoms with Gasteiger partial charge in [-0.25, -0.2) is 8.42 Å². The molecule has 0 spiro atoms. The Morgan fingerprint density at radius 1 is 1.00 bits per heavy atom. The van der Waals surface area contributed by atoms with Gasteiger partial charge in [-0.05, 0) is 55.3 Å². The van der Waals surface area contributed by atoms with Gasteiger partial charge in [0.25, 0.3) is 0 Å². The third kappa shape index (κ3) is 5.31. The maximum absolute atomic E-state index is 12.9. The van der Waals surface area contributed by atoms with Crippen molar-refractivity contribution in [3.63, 3.8) is 0 Å². The summed E-state index contributed by atoms with van der Waals surface area (Å²) >= 11 is 11.9. The zero-order chi connectivity index (χ0) is 21.9. The number of nitrogens with zero attached hydrogens (tertiary/aromatic N) is 1. The van der Waals surface area contributed by atoms with E-state index in [9.17, 15) is 18.0 Å². The summed E-state index contributed by atoms with van der Waals surface area (Å²) in [6, 6.07) is 10.7. The quantitative estimate of drug-likeness (QED) is 0.691. The Labute approximate surface area is 185 Å². The van der Waals surface area contributed by atoms with Crippen LogP contribution in [0.4, 0.5) is 11.4 Å². The molecule has 2 amide bonds. The van der Waals surface area contributed by atoms with Crippen LogP contribution in [0.15, 0.2) is 47.4 Å². The summed E-state index contributed by atoms with van der Waals surface area (Å²) in [5, 5.41) is 6.25. The van der Waals surface area contributed by atoms with Gasteiger partial charge in [0, 0.05) is 30.1 Å². The van der Waals surface area contributed by atoms with Crippen LogP contribution in [0.1, 0.15) is 19.8 Å². The van der Waals surface area contributed by atoms with E-state index in [1.54, 1.807) is 12.1 Å². The minimum absolute atomic E-state index is 0.0623. The molecule has 1 aliphatic heterocycles. The van der Waals surface area contributed by atoms with Gasteiger partial charge in [0.15, 0.2) is 0 Å². The van der Waals surface area contributed by atoms with Gasteiger partial charge in [0.2, 0.25) is 21.8 Å². The lowest BCUT2D eigenvalue weighted by Crippen LogP contribution is -2.43. The molecule has 1 saturated heterocycles. The minimum Gasteiger partial charge on any atom is -0.325 e. The summed E-state index contributed by atoms with van der Waals surface area (Å²) < 4.78 is 27.2. The van der Waals surface area contributed by atoms with E-state index in [1.165, 1.54) is 41.6 Å². The number of hydrogen-bond donors (Lipinski definition) is 2. The lowest BCUT2D eigenvalue weighted by atomic mass is 9.98. The molecule has 1 fully saturated rings. The zero-order valence-corrected chi connectivity index (χ0v) is 18.5. The van der Waals surface area contributed by atoms with E-state index in [4.69, 9.17) is 23.2 Å². The van der Waals surface area contributed by atoms with Crippen LogP contribution >= 0.6 is 23.2 Å². The molecule has 0 aromatic heterocycles. The molecule has 160 valence electrons. The van der Waals surface area contributed by atoms with E-state index >= 15 is 0 Å². The number of halogens is 2. The van der Waals surface area contributed by atoms with Gasteiger partial charge in [0.05, 0.1) is 22.2 Å². The van der Waals surface area contributed by atoms with E-state index < -0.39 is 15.9 Å². The van der Waals surface area contributed by atoms with Gasteiger partial charge >= 0.3 is 0 Å². The fourth-order valence-electron chi connectivity index (χ4n) is 3.28. The van der Waals surface area contributed by atoms with Crippen LogP contribution in [0.5, 0.6) is 0 Å². The van der Waals surface area contributed by atoms with Crippen molar-refractivity contribution in [3.8, 4) is 0 Å². The third-order valence-corrected chi connectivity index (χ3v) is 7.12. The molecule has 7 nitrogen and oxygen atoms in total. The number of anilines is 2. The SMILES string of the molecule is CC(=O)Nc1ccc(Cl)cc1NC(=O)C1CCCN(S(=O)(=O)c2ccc(Cl)cc2)C1. The maximum Gasteiger partial charge on any atom is 0.243 e. The first-order chi connectivity index (χ1) is 14.2. The van der Waals surface area contributed by atoms with Gasteiger partial charge in [-0.1, -0.05) is 23.2 Å². The second-order valence-electron chi connectivity index (χ2n) is 7.02. The van der Waals surface area contributed by atoms with Crippen molar-refractivity contribution in [2.45, 2.75) is 24.7 Å². The Balaban J connectivity index is 1.76. The first kappa shape index (κ1) is 22.6. The normalized spacial score (nSPS) is 17.4. The average Bonchev–Trinajstić information content (AvgIpc) is 2.70. The molecule has 0 bridgehead atoms. The van der Waals surface area contributed by atoms with Crippen LogP contribution in [0.3, 0.4) is 0 Å². The number of hydrogen-bond acceptors (Lipinski definition) is 4. The van der Waals surface area contributed by atoms with Crippen molar-refractivity contribution < 1.29 is 18.0 Å². The second-order valence-corrected chi connectivity index (χ2v) is 9.83. The van der Waals surface area contributed by atoms with Crippen LogP contribution in [0, 0.1) is 5.92 Å². The largest absolute Gasteiger partial charge is 0.325 e. The molecule has 1 heterocycles. The number of carbonyl (C=O) groups is 2. The smallest absolute Gasteiger partial charge is 0.243 e. The third-order valence-electron chi connectivity index (χ3n) is 4.76. The number of amides is 2.